The van der Waals surface area contributed by atoms with Gasteiger partial charge in [-0.05, 0) is 55.2 Å². The van der Waals surface area contributed by atoms with Crippen LogP contribution in [-0.2, 0) is 19.3 Å². The van der Waals surface area contributed by atoms with E-state index in [4.69, 9.17) is 10.5 Å². The molecular weight excluding hydrogens is 198 g/mol. The van der Waals surface area contributed by atoms with Crippen LogP contribution in [0.15, 0.2) is 12.1 Å². The second-order valence-electron chi connectivity index (χ2n) is 5.29. The minimum absolute atomic E-state index is 0.0696. The fourth-order valence-corrected chi connectivity index (χ4v) is 2.79. The van der Waals surface area contributed by atoms with Crippen LogP contribution in [0.4, 0.5) is 0 Å². The van der Waals surface area contributed by atoms with E-state index in [2.05, 4.69) is 12.1 Å². The van der Waals surface area contributed by atoms with Gasteiger partial charge in [-0.2, -0.15) is 0 Å². The van der Waals surface area contributed by atoms with Crippen LogP contribution in [0.1, 0.15) is 36.0 Å². The van der Waals surface area contributed by atoms with Crippen LogP contribution < -0.4 is 10.5 Å². The highest BCUT2D eigenvalue weighted by Crippen LogP contribution is 2.40. The van der Waals surface area contributed by atoms with Gasteiger partial charge in [-0.3, -0.25) is 0 Å². The van der Waals surface area contributed by atoms with Gasteiger partial charge in [0.1, 0.15) is 5.75 Å². The molecule has 0 saturated heterocycles. The highest BCUT2D eigenvalue weighted by atomic mass is 16.5. The van der Waals surface area contributed by atoms with Crippen LogP contribution in [0.25, 0.3) is 0 Å². The van der Waals surface area contributed by atoms with Gasteiger partial charge in [0.2, 0.25) is 0 Å². The molecule has 0 unspecified atom stereocenters. The number of ether oxygens (including phenoxy) is 1. The van der Waals surface area contributed by atoms with Crippen molar-refractivity contribution in [2.24, 2.45) is 5.73 Å². The van der Waals surface area contributed by atoms with Gasteiger partial charge in [0.25, 0.3) is 0 Å². The van der Waals surface area contributed by atoms with Crippen molar-refractivity contribution in [3.05, 3.63) is 28.8 Å². The average Bonchev–Trinajstić information content (AvgIpc) is 2.80. The Balaban J connectivity index is 1.98. The number of methoxy groups -OCH3 is 1. The summed E-state index contributed by atoms with van der Waals surface area (Å²) < 4.78 is 5.61. The van der Waals surface area contributed by atoms with E-state index in [1.54, 1.807) is 7.11 Å². The maximum Gasteiger partial charge on any atom is 0.125 e. The second kappa shape index (κ2) is 3.49. The zero-order valence-electron chi connectivity index (χ0n) is 9.88. The molecule has 86 valence electrons. The molecule has 0 bridgehead atoms. The normalized spacial score (nSPS) is 20.6. The van der Waals surface area contributed by atoms with Gasteiger partial charge in [-0.25, -0.2) is 0 Å². The first-order valence-corrected chi connectivity index (χ1v) is 6.18. The lowest BCUT2D eigenvalue weighted by molar-refractivity contribution is 0.403. The molecule has 1 saturated carbocycles. The molecule has 2 N–H and O–H groups in total. The van der Waals surface area contributed by atoms with Gasteiger partial charge in [0.05, 0.1) is 7.11 Å². The Labute approximate surface area is 96.8 Å². The number of benzene rings is 1. The highest BCUT2D eigenvalue weighted by molar-refractivity contribution is 5.49. The standard InChI is InChI=1S/C14H19NO/c1-16-13-11(9-14(15)7-8-14)6-5-10-3-2-4-12(10)13/h5-6H,2-4,7-9,15H2,1H3. The van der Waals surface area contributed by atoms with Gasteiger partial charge in [-0.15, -0.1) is 0 Å². The second-order valence-corrected chi connectivity index (χ2v) is 5.29. The number of hydrogen-bond donors (Lipinski definition) is 1. The van der Waals surface area contributed by atoms with Crippen molar-refractivity contribution in [3.8, 4) is 5.75 Å². The summed E-state index contributed by atoms with van der Waals surface area (Å²) in [7, 11) is 1.79. The number of hydrogen-bond acceptors (Lipinski definition) is 2. The summed E-state index contributed by atoms with van der Waals surface area (Å²) in [5.41, 5.74) is 10.5. The lowest BCUT2D eigenvalue weighted by Gasteiger charge is -2.16. The van der Waals surface area contributed by atoms with Crippen molar-refractivity contribution in [2.75, 3.05) is 7.11 Å². The molecule has 0 aliphatic heterocycles. The Morgan fingerprint density at radius 3 is 2.81 bits per heavy atom. The molecule has 1 fully saturated rings. The van der Waals surface area contributed by atoms with Crippen LogP contribution >= 0.6 is 0 Å². The fraction of sp³-hybridized carbons (Fsp3) is 0.571. The third kappa shape index (κ3) is 1.61. The van der Waals surface area contributed by atoms with E-state index in [-0.39, 0.29) is 5.54 Å². The van der Waals surface area contributed by atoms with Gasteiger partial charge < -0.3 is 10.5 Å². The summed E-state index contributed by atoms with van der Waals surface area (Å²) in [6, 6.07) is 4.49. The molecule has 2 aliphatic carbocycles. The quantitative estimate of drug-likeness (QED) is 0.842. The van der Waals surface area contributed by atoms with Crippen molar-refractivity contribution < 1.29 is 4.74 Å². The Bertz CT molecular complexity index is 421. The van der Waals surface area contributed by atoms with E-state index in [0.29, 0.717) is 0 Å². The zero-order valence-corrected chi connectivity index (χ0v) is 9.88. The minimum atomic E-state index is 0.0696. The maximum atomic E-state index is 6.19. The average molecular weight is 217 g/mol. The fourth-order valence-electron chi connectivity index (χ4n) is 2.79. The molecular formula is C14H19NO. The first-order chi connectivity index (χ1) is 7.72. The predicted octanol–water partition coefficient (Wildman–Crippen LogP) is 2.22. The summed E-state index contributed by atoms with van der Waals surface area (Å²) in [6.45, 7) is 0. The van der Waals surface area contributed by atoms with Crippen molar-refractivity contribution in [1.29, 1.82) is 0 Å². The van der Waals surface area contributed by atoms with E-state index in [9.17, 15) is 0 Å². The smallest absolute Gasteiger partial charge is 0.125 e. The topological polar surface area (TPSA) is 35.2 Å². The van der Waals surface area contributed by atoms with Crippen molar-refractivity contribution in [1.82, 2.24) is 0 Å². The molecule has 0 aromatic heterocycles. The van der Waals surface area contributed by atoms with Gasteiger partial charge in [-0.1, -0.05) is 12.1 Å². The zero-order chi connectivity index (χ0) is 11.2. The summed E-state index contributed by atoms with van der Waals surface area (Å²) >= 11 is 0. The van der Waals surface area contributed by atoms with Crippen LogP contribution in [0.5, 0.6) is 5.75 Å². The molecule has 0 atom stereocenters. The first-order valence-electron chi connectivity index (χ1n) is 6.18. The van der Waals surface area contributed by atoms with Crippen LogP contribution in [0.3, 0.4) is 0 Å². The number of aryl methyl sites for hydroxylation is 1. The molecule has 0 spiro atoms. The Hall–Kier alpha value is -1.02. The summed E-state index contributed by atoms with van der Waals surface area (Å²) in [4.78, 5) is 0. The molecule has 1 aromatic carbocycles. The van der Waals surface area contributed by atoms with Crippen LogP contribution in [-0.4, -0.2) is 12.6 Å². The summed E-state index contributed by atoms with van der Waals surface area (Å²) in [5, 5.41) is 0. The monoisotopic (exact) mass is 217 g/mol. The van der Waals surface area contributed by atoms with Crippen LogP contribution in [0.2, 0.25) is 0 Å². The van der Waals surface area contributed by atoms with Crippen molar-refractivity contribution in [3.63, 3.8) is 0 Å². The van der Waals surface area contributed by atoms with Crippen LogP contribution in [0, 0.1) is 0 Å². The third-order valence-electron chi connectivity index (χ3n) is 3.95. The summed E-state index contributed by atoms with van der Waals surface area (Å²) in [5.74, 6) is 1.12. The molecule has 1 aromatic rings. The Kier molecular flexibility index (Phi) is 2.21. The number of fused-ring (bicyclic) bond motifs is 1. The lowest BCUT2D eigenvalue weighted by Crippen LogP contribution is -2.24. The van der Waals surface area contributed by atoms with E-state index >= 15 is 0 Å². The number of rotatable bonds is 3. The molecule has 2 heteroatoms. The molecule has 3 rings (SSSR count). The van der Waals surface area contributed by atoms with Gasteiger partial charge >= 0.3 is 0 Å². The summed E-state index contributed by atoms with van der Waals surface area (Å²) in [6.07, 6.45) is 6.94. The maximum absolute atomic E-state index is 6.19. The molecule has 0 amide bonds. The number of nitrogens with two attached hydrogens (primary N) is 1. The Morgan fingerprint density at radius 1 is 1.31 bits per heavy atom. The van der Waals surface area contributed by atoms with E-state index in [0.717, 1.165) is 25.0 Å². The SMILES string of the molecule is COc1c(CC2(N)CC2)ccc2c1CCC2. The third-order valence-corrected chi connectivity index (χ3v) is 3.95. The molecule has 16 heavy (non-hydrogen) atoms. The largest absolute Gasteiger partial charge is 0.496 e. The van der Waals surface area contributed by atoms with E-state index in [1.165, 1.54) is 36.0 Å². The molecule has 0 heterocycles. The molecule has 2 nitrogen and oxygen atoms in total. The van der Waals surface area contributed by atoms with Gasteiger partial charge in [0, 0.05) is 5.54 Å². The first kappa shape index (κ1) is 10.2. The Morgan fingerprint density at radius 2 is 2.12 bits per heavy atom. The van der Waals surface area contributed by atoms with Gasteiger partial charge in [0.15, 0.2) is 0 Å². The lowest BCUT2D eigenvalue weighted by atomic mass is 9.98. The van der Waals surface area contributed by atoms with E-state index < -0.39 is 0 Å². The molecule has 2 aliphatic rings. The van der Waals surface area contributed by atoms with Crippen molar-refractivity contribution in [2.45, 2.75) is 44.1 Å². The van der Waals surface area contributed by atoms with Crippen molar-refractivity contribution >= 4 is 0 Å². The minimum Gasteiger partial charge on any atom is -0.496 e. The highest BCUT2D eigenvalue weighted by Gasteiger charge is 2.39. The molecule has 0 radical (unpaired) electrons. The predicted molar refractivity (Wildman–Crippen MR) is 64.9 cm³/mol. The van der Waals surface area contributed by atoms with E-state index in [1.807, 2.05) is 0 Å².